The van der Waals surface area contributed by atoms with Gasteiger partial charge in [-0.15, -0.1) is 11.8 Å². The number of nitrogens with zero attached hydrogens (tertiary/aromatic N) is 1. The van der Waals surface area contributed by atoms with E-state index >= 15 is 0 Å². The summed E-state index contributed by atoms with van der Waals surface area (Å²) in [6.07, 6.45) is 0.692. The fourth-order valence-corrected chi connectivity index (χ4v) is 3.66. The Kier molecular flexibility index (Phi) is 4.59. The van der Waals surface area contributed by atoms with Crippen molar-refractivity contribution in [1.82, 2.24) is 5.43 Å². The SMILES string of the molecule is O=C(NN=C1CCSc2ccc(F)cc21)c1ccccc1Br. The zero-order valence-corrected chi connectivity index (χ0v) is 13.9. The number of thioether (sulfide) groups is 1. The van der Waals surface area contributed by atoms with Crippen molar-refractivity contribution >= 4 is 39.3 Å². The molecule has 1 N–H and O–H groups in total. The molecule has 2 aromatic rings. The molecular formula is C16H12BrFN2OS. The van der Waals surface area contributed by atoms with Crippen molar-refractivity contribution in [2.24, 2.45) is 5.10 Å². The molecule has 22 heavy (non-hydrogen) atoms. The molecule has 0 unspecified atom stereocenters. The van der Waals surface area contributed by atoms with Gasteiger partial charge in [-0.2, -0.15) is 5.10 Å². The Morgan fingerprint density at radius 2 is 2.09 bits per heavy atom. The molecule has 6 heteroatoms. The summed E-state index contributed by atoms with van der Waals surface area (Å²) in [5.74, 6) is 0.268. The maximum atomic E-state index is 13.4. The van der Waals surface area contributed by atoms with Crippen molar-refractivity contribution in [3.8, 4) is 0 Å². The Hall–Kier alpha value is -1.66. The van der Waals surface area contributed by atoms with Gasteiger partial charge in [-0.3, -0.25) is 4.79 Å². The van der Waals surface area contributed by atoms with E-state index in [1.807, 2.05) is 6.07 Å². The molecule has 0 saturated carbocycles. The van der Waals surface area contributed by atoms with Crippen LogP contribution in [0, 0.1) is 5.82 Å². The summed E-state index contributed by atoms with van der Waals surface area (Å²) < 4.78 is 14.1. The maximum absolute atomic E-state index is 13.4. The van der Waals surface area contributed by atoms with Crippen LogP contribution in [0.2, 0.25) is 0 Å². The molecule has 0 aromatic heterocycles. The maximum Gasteiger partial charge on any atom is 0.272 e. The summed E-state index contributed by atoms with van der Waals surface area (Å²) >= 11 is 5.00. The van der Waals surface area contributed by atoms with Crippen LogP contribution in [0.25, 0.3) is 0 Å². The smallest absolute Gasteiger partial charge is 0.267 e. The van der Waals surface area contributed by atoms with Crippen molar-refractivity contribution in [2.45, 2.75) is 11.3 Å². The fourth-order valence-electron chi connectivity index (χ4n) is 2.19. The Morgan fingerprint density at radius 3 is 2.91 bits per heavy atom. The van der Waals surface area contributed by atoms with Crippen LogP contribution in [-0.2, 0) is 0 Å². The highest BCUT2D eigenvalue weighted by Crippen LogP contribution is 2.30. The first-order valence-electron chi connectivity index (χ1n) is 6.69. The minimum Gasteiger partial charge on any atom is -0.267 e. The first-order chi connectivity index (χ1) is 10.6. The Morgan fingerprint density at radius 1 is 1.27 bits per heavy atom. The molecule has 0 fully saturated rings. The molecule has 0 bridgehead atoms. The summed E-state index contributed by atoms with van der Waals surface area (Å²) in [6.45, 7) is 0. The lowest BCUT2D eigenvalue weighted by Crippen LogP contribution is -2.22. The van der Waals surface area contributed by atoms with E-state index in [0.29, 0.717) is 22.2 Å². The first-order valence-corrected chi connectivity index (χ1v) is 8.47. The van der Waals surface area contributed by atoms with Crippen molar-refractivity contribution in [1.29, 1.82) is 0 Å². The van der Waals surface area contributed by atoms with E-state index in [1.54, 1.807) is 36.0 Å². The van der Waals surface area contributed by atoms with Gasteiger partial charge < -0.3 is 0 Å². The summed E-state index contributed by atoms with van der Waals surface area (Å²) in [5.41, 5.74) is 4.52. The Bertz CT molecular complexity index is 764. The lowest BCUT2D eigenvalue weighted by molar-refractivity contribution is 0.0954. The van der Waals surface area contributed by atoms with Crippen LogP contribution in [0.5, 0.6) is 0 Å². The molecule has 0 saturated heterocycles. The second-order valence-corrected chi connectivity index (χ2v) is 6.71. The predicted octanol–water partition coefficient (Wildman–Crippen LogP) is 4.22. The number of carbonyl (C=O) groups is 1. The second-order valence-electron chi connectivity index (χ2n) is 4.72. The second kappa shape index (κ2) is 6.62. The zero-order valence-electron chi connectivity index (χ0n) is 11.5. The van der Waals surface area contributed by atoms with Crippen LogP contribution >= 0.6 is 27.7 Å². The minimum absolute atomic E-state index is 0.295. The van der Waals surface area contributed by atoms with Crippen molar-refractivity contribution in [3.63, 3.8) is 0 Å². The molecule has 0 radical (unpaired) electrons. The van der Waals surface area contributed by atoms with Gasteiger partial charge >= 0.3 is 0 Å². The molecule has 3 rings (SSSR count). The van der Waals surface area contributed by atoms with Crippen molar-refractivity contribution in [2.75, 3.05) is 5.75 Å². The normalized spacial score (nSPS) is 15.5. The zero-order chi connectivity index (χ0) is 15.5. The van der Waals surface area contributed by atoms with E-state index in [9.17, 15) is 9.18 Å². The molecule has 0 atom stereocenters. The first kappa shape index (κ1) is 15.2. The van der Waals surface area contributed by atoms with E-state index < -0.39 is 0 Å². The van der Waals surface area contributed by atoms with Crippen LogP contribution in [0.15, 0.2) is 56.9 Å². The lowest BCUT2D eigenvalue weighted by Gasteiger charge is -2.17. The molecule has 2 aromatic carbocycles. The van der Waals surface area contributed by atoms with E-state index in [1.165, 1.54) is 12.1 Å². The van der Waals surface area contributed by atoms with E-state index in [4.69, 9.17) is 0 Å². The molecule has 1 amide bonds. The van der Waals surface area contributed by atoms with Crippen molar-refractivity contribution < 1.29 is 9.18 Å². The van der Waals surface area contributed by atoms with Gasteiger partial charge in [0.2, 0.25) is 0 Å². The van der Waals surface area contributed by atoms with Crippen LogP contribution in [0.4, 0.5) is 4.39 Å². The van der Waals surface area contributed by atoms with Gasteiger partial charge in [0.25, 0.3) is 5.91 Å². The number of benzene rings is 2. The van der Waals surface area contributed by atoms with Gasteiger partial charge in [0.1, 0.15) is 5.82 Å². The highest BCUT2D eigenvalue weighted by atomic mass is 79.9. The number of fused-ring (bicyclic) bond motifs is 1. The number of hydrazone groups is 1. The summed E-state index contributed by atoms with van der Waals surface area (Å²) in [5, 5.41) is 4.20. The van der Waals surface area contributed by atoms with Gasteiger partial charge in [0, 0.05) is 27.1 Å². The number of nitrogens with one attached hydrogen (secondary N) is 1. The van der Waals surface area contributed by atoms with Crippen LogP contribution in [0.1, 0.15) is 22.3 Å². The number of halogens is 2. The van der Waals surface area contributed by atoms with Gasteiger partial charge in [-0.1, -0.05) is 12.1 Å². The molecule has 1 aliphatic heterocycles. The quantitative estimate of drug-likeness (QED) is 0.794. The third-order valence-electron chi connectivity index (χ3n) is 3.26. The summed E-state index contributed by atoms with van der Waals surface area (Å²) in [7, 11) is 0. The average molecular weight is 379 g/mol. The topological polar surface area (TPSA) is 41.5 Å². The van der Waals surface area contributed by atoms with Crippen molar-refractivity contribution in [3.05, 3.63) is 63.9 Å². The van der Waals surface area contributed by atoms with Gasteiger partial charge in [0.15, 0.2) is 0 Å². The molecule has 3 nitrogen and oxygen atoms in total. The number of amides is 1. The number of hydrogen-bond donors (Lipinski definition) is 1. The predicted molar refractivity (Wildman–Crippen MR) is 89.9 cm³/mol. The average Bonchev–Trinajstić information content (AvgIpc) is 2.53. The Balaban J connectivity index is 1.84. The monoisotopic (exact) mass is 378 g/mol. The largest absolute Gasteiger partial charge is 0.272 e. The van der Waals surface area contributed by atoms with Gasteiger partial charge in [0.05, 0.1) is 11.3 Å². The van der Waals surface area contributed by atoms with E-state index in [2.05, 4.69) is 26.5 Å². The van der Waals surface area contributed by atoms with Gasteiger partial charge in [-0.25, -0.2) is 9.82 Å². The third kappa shape index (κ3) is 3.23. The number of hydrogen-bond acceptors (Lipinski definition) is 3. The molecule has 112 valence electrons. The summed E-state index contributed by atoms with van der Waals surface area (Å²) in [4.78, 5) is 13.1. The molecule has 1 aliphatic rings. The van der Waals surface area contributed by atoms with E-state index in [-0.39, 0.29) is 11.7 Å². The third-order valence-corrected chi connectivity index (χ3v) is 5.03. The molecule has 0 spiro atoms. The van der Waals surface area contributed by atoms with E-state index in [0.717, 1.165) is 16.2 Å². The van der Waals surface area contributed by atoms with Gasteiger partial charge in [-0.05, 0) is 46.3 Å². The minimum atomic E-state index is -0.300. The van der Waals surface area contributed by atoms with Crippen LogP contribution < -0.4 is 5.43 Å². The number of carbonyl (C=O) groups excluding carboxylic acids is 1. The molecule has 0 aliphatic carbocycles. The van der Waals surface area contributed by atoms with Crippen LogP contribution in [0.3, 0.4) is 0 Å². The fraction of sp³-hybridized carbons (Fsp3) is 0.125. The summed E-state index contributed by atoms with van der Waals surface area (Å²) in [6, 6.07) is 11.8. The highest BCUT2D eigenvalue weighted by Gasteiger charge is 2.17. The standard InChI is InChI=1S/C16H12BrFN2OS/c17-13-4-2-1-3-11(13)16(21)20-19-14-7-8-22-15-6-5-10(18)9-12(14)15/h1-6,9H,7-8H2,(H,20,21). The number of rotatable bonds is 2. The Labute approximate surface area is 140 Å². The highest BCUT2D eigenvalue weighted by molar-refractivity contribution is 9.10. The van der Waals surface area contributed by atoms with Crippen LogP contribution in [-0.4, -0.2) is 17.4 Å². The lowest BCUT2D eigenvalue weighted by atomic mass is 10.1. The molecular weight excluding hydrogens is 367 g/mol. The molecule has 1 heterocycles.